The molecule has 2 unspecified atom stereocenters. The Balaban J connectivity index is 1.48. The van der Waals surface area contributed by atoms with Crippen LogP contribution in [0.5, 0.6) is 0 Å². The van der Waals surface area contributed by atoms with Gasteiger partial charge in [-0.05, 0) is 77.3 Å². The summed E-state index contributed by atoms with van der Waals surface area (Å²) in [6.07, 6.45) is 5.17. The lowest BCUT2D eigenvalue weighted by molar-refractivity contribution is -0.165. The third kappa shape index (κ3) is 4.88. The number of carbonyl (C=O) groups is 1. The number of anilines is 2. The highest BCUT2D eigenvalue weighted by molar-refractivity contribution is 8.22. The van der Waals surface area contributed by atoms with Crippen LogP contribution in [0.25, 0.3) is 10.9 Å². The second-order valence-corrected chi connectivity index (χ2v) is 13.9. The van der Waals surface area contributed by atoms with Gasteiger partial charge in [-0.3, -0.25) is 18.6 Å². The van der Waals surface area contributed by atoms with Crippen molar-refractivity contribution in [2.24, 2.45) is 5.92 Å². The summed E-state index contributed by atoms with van der Waals surface area (Å²) in [6, 6.07) is 9.17. The van der Waals surface area contributed by atoms with Crippen LogP contribution in [-0.4, -0.2) is 45.3 Å². The van der Waals surface area contributed by atoms with Gasteiger partial charge in [-0.2, -0.15) is 14.7 Å². The van der Waals surface area contributed by atoms with Gasteiger partial charge in [0.2, 0.25) is 0 Å². The van der Waals surface area contributed by atoms with Crippen molar-refractivity contribution in [1.29, 1.82) is 5.26 Å². The first-order valence-electron chi connectivity index (χ1n) is 13.4. The molecule has 1 aliphatic heterocycles. The van der Waals surface area contributed by atoms with Crippen molar-refractivity contribution in [2.45, 2.75) is 88.9 Å². The van der Waals surface area contributed by atoms with E-state index in [1.165, 1.54) is 4.31 Å². The van der Waals surface area contributed by atoms with Crippen molar-refractivity contribution in [3.8, 4) is 6.07 Å². The Morgan fingerprint density at radius 1 is 1.20 bits per heavy atom. The third-order valence-electron chi connectivity index (χ3n) is 7.60. The fraction of sp³-hybridized carbons (Fsp3) is 0.500. The predicted octanol–water partition coefficient (Wildman–Crippen LogP) is 5.68. The largest absolute Gasteiger partial charge is 0.459 e. The molecule has 0 radical (unpaired) electrons. The first-order valence-corrected chi connectivity index (χ1v) is 14.9. The van der Waals surface area contributed by atoms with Crippen LogP contribution in [0.2, 0.25) is 0 Å². The monoisotopic (exact) mass is 568 g/mol. The molecular formula is C28H36N6O5S. The number of aromatic amines is 1. The zero-order chi connectivity index (χ0) is 29.0. The van der Waals surface area contributed by atoms with Gasteiger partial charge in [-0.15, -0.1) is 10.8 Å². The summed E-state index contributed by atoms with van der Waals surface area (Å²) in [7, 11) is -3.46. The normalized spacial score (nSPS) is 21.9. The number of pyridine rings is 1. The van der Waals surface area contributed by atoms with Crippen LogP contribution in [0.15, 0.2) is 40.2 Å². The van der Waals surface area contributed by atoms with E-state index in [-0.39, 0.29) is 24.1 Å². The molecule has 0 bridgehead atoms. The number of ether oxygens (including phenoxy) is 1. The molecule has 5 rings (SSSR count). The van der Waals surface area contributed by atoms with E-state index in [0.29, 0.717) is 32.9 Å². The van der Waals surface area contributed by atoms with Gasteiger partial charge >= 0.3 is 5.97 Å². The summed E-state index contributed by atoms with van der Waals surface area (Å²) >= 11 is 0. The number of nitrogens with one attached hydrogen (secondary N) is 2. The van der Waals surface area contributed by atoms with Gasteiger partial charge in [-0.1, -0.05) is 12.8 Å². The van der Waals surface area contributed by atoms with Crippen molar-refractivity contribution >= 4 is 39.2 Å². The molecule has 1 aliphatic carbocycles. The molecule has 0 saturated heterocycles. The number of rotatable bonds is 5. The van der Waals surface area contributed by atoms with Crippen molar-refractivity contribution in [2.75, 3.05) is 5.32 Å². The van der Waals surface area contributed by atoms with E-state index in [1.54, 1.807) is 69.8 Å². The predicted molar refractivity (Wildman–Crippen MR) is 153 cm³/mol. The molecule has 40 heavy (non-hydrogen) atoms. The van der Waals surface area contributed by atoms with Gasteiger partial charge in [0.15, 0.2) is 5.82 Å². The topological polar surface area (TPSA) is 156 Å². The molecule has 1 aromatic carbocycles. The lowest BCUT2D eigenvalue weighted by Crippen LogP contribution is -2.51. The molecule has 0 spiro atoms. The molecule has 214 valence electrons. The van der Waals surface area contributed by atoms with Crippen molar-refractivity contribution < 1.29 is 18.6 Å². The maximum Gasteiger partial charge on any atom is 0.328 e. The number of fused-ring (bicyclic) bond motifs is 2. The van der Waals surface area contributed by atoms with Gasteiger partial charge in [0.25, 0.3) is 5.56 Å². The Morgan fingerprint density at radius 2 is 1.93 bits per heavy atom. The first-order chi connectivity index (χ1) is 18.7. The van der Waals surface area contributed by atoms with Crippen LogP contribution < -0.4 is 10.9 Å². The molecular weight excluding hydrogens is 532 g/mol. The molecule has 3 heterocycles. The summed E-state index contributed by atoms with van der Waals surface area (Å²) in [5.74, 6) is -0.385. The number of aromatic nitrogens is 3. The van der Waals surface area contributed by atoms with E-state index in [0.717, 1.165) is 25.7 Å². The number of hydrogen-bond acceptors (Lipinski definition) is 9. The molecule has 4 N–H and O–H groups in total. The van der Waals surface area contributed by atoms with Crippen LogP contribution in [0, 0.1) is 17.2 Å². The van der Waals surface area contributed by atoms with Gasteiger partial charge in [0, 0.05) is 18.4 Å². The molecule has 11 nitrogen and oxygen atoms in total. The first kappa shape index (κ1) is 28.2. The number of H-pyrrole nitrogens is 1. The molecule has 1 fully saturated rings. The van der Waals surface area contributed by atoms with Gasteiger partial charge < -0.3 is 15.0 Å². The molecule has 1 saturated carbocycles. The lowest BCUT2D eigenvalue weighted by Gasteiger charge is -2.45. The standard InChI is InChI=1S/C28H36N6O5S/c1-27(2,3)39-26(36)28(4,5)33-16-18-14-19(10-11-22(18)40(33,37)38)31-24-23-21(12-13-30-25(23)35)34(32-24)20-9-7-6-8-17(20)15-29/h10-14,17,20,37-38H,6-9,16H2,1-5H3,(H,30,35)(H,31,32). The van der Waals surface area contributed by atoms with Gasteiger partial charge in [-0.25, -0.2) is 4.79 Å². The highest BCUT2D eigenvalue weighted by atomic mass is 32.3. The SMILES string of the molecule is CC(C)(C)OC(=O)C(C)(C)N1Cc2cc(Nc3nn(C4CCCCC4C#N)c4cc[nH]c(=O)c34)ccc2S1(O)O. The Hall–Kier alpha value is -3.37. The number of hydrogen-bond donors (Lipinski definition) is 4. The fourth-order valence-electron chi connectivity index (χ4n) is 5.56. The minimum atomic E-state index is -3.46. The summed E-state index contributed by atoms with van der Waals surface area (Å²) in [5, 5.41) is 18.2. The molecule has 2 aromatic heterocycles. The highest BCUT2D eigenvalue weighted by Crippen LogP contribution is 2.62. The quantitative estimate of drug-likeness (QED) is 0.284. The van der Waals surface area contributed by atoms with Gasteiger partial charge in [0.1, 0.15) is 16.5 Å². The molecule has 3 aromatic rings. The average molecular weight is 569 g/mol. The smallest absolute Gasteiger partial charge is 0.328 e. The minimum absolute atomic E-state index is 0.112. The zero-order valence-corrected chi connectivity index (χ0v) is 24.2. The van der Waals surface area contributed by atoms with Crippen LogP contribution in [0.1, 0.15) is 71.9 Å². The van der Waals surface area contributed by atoms with E-state index in [2.05, 4.69) is 16.4 Å². The van der Waals surface area contributed by atoms with E-state index in [9.17, 15) is 24.0 Å². The fourth-order valence-corrected chi connectivity index (χ4v) is 7.56. The number of benzene rings is 1. The zero-order valence-electron chi connectivity index (χ0n) is 23.4. The van der Waals surface area contributed by atoms with Crippen LogP contribution in [0.3, 0.4) is 0 Å². The summed E-state index contributed by atoms with van der Waals surface area (Å²) < 4.78 is 31.1. The Morgan fingerprint density at radius 3 is 2.62 bits per heavy atom. The second kappa shape index (κ2) is 9.92. The average Bonchev–Trinajstić information content (AvgIpc) is 3.38. The number of carbonyl (C=O) groups excluding carboxylic acids is 1. The Labute approximate surface area is 234 Å². The second-order valence-electron chi connectivity index (χ2n) is 12.0. The van der Waals surface area contributed by atoms with E-state index in [4.69, 9.17) is 9.84 Å². The Bertz CT molecular complexity index is 1560. The summed E-state index contributed by atoms with van der Waals surface area (Å²) in [6.45, 7) is 8.64. The maximum atomic E-state index is 13.0. The molecule has 0 amide bonds. The van der Waals surface area contributed by atoms with Crippen LogP contribution in [0.4, 0.5) is 11.5 Å². The van der Waals surface area contributed by atoms with E-state index < -0.39 is 27.9 Å². The lowest BCUT2D eigenvalue weighted by atomic mass is 9.85. The molecule has 2 aliphatic rings. The third-order valence-corrected chi connectivity index (χ3v) is 9.79. The summed E-state index contributed by atoms with van der Waals surface area (Å²) in [4.78, 5) is 28.9. The summed E-state index contributed by atoms with van der Waals surface area (Å²) in [5.41, 5.74) is -0.443. The van der Waals surface area contributed by atoms with Crippen molar-refractivity contribution in [1.82, 2.24) is 19.1 Å². The highest BCUT2D eigenvalue weighted by Gasteiger charge is 2.49. The maximum absolute atomic E-state index is 13.0. The Kier molecular flexibility index (Phi) is 6.99. The minimum Gasteiger partial charge on any atom is -0.459 e. The number of nitrogens with zero attached hydrogens (tertiary/aromatic N) is 4. The van der Waals surface area contributed by atoms with Crippen molar-refractivity contribution in [3.63, 3.8) is 0 Å². The number of esters is 1. The van der Waals surface area contributed by atoms with E-state index in [1.807, 2.05) is 0 Å². The van der Waals surface area contributed by atoms with Crippen molar-refractivity contribution in [3.05, 3.63) is 46.4 Å². The van der Waals surface area contributed by atoms with Crippen LogP contribution >= 0.6 is 10.8 Å². The molecule has 2 atom stereocenters. The molecule has 12 heteroatoms. The number of nitriles is 1. The van der Waals surface area contributed by atoms with Gasteiger partial charge in [0.05, 0.1) is 28.4 Å². The van der Waals surface area contributed by atoms with Crippen LogP contribution in [-0.2, 0) is 16.1 Å². The van der Waals surface area contributed by atoms with E-state index >= 15 is 0 Å².